The van der Waals surface area contributed by atoms with Crippen LogP contribution in [0.4, 0.5) is 10.1 Å². The lowest BCUT2D eigenvalue weighted by Gasteiger charge is -2.10. The Labute approximate surface area is 141 Å². The molecule has 1 amide bonds. The van der Waals surface area contributed by atoms with Gasteiger partial charge in [0.2, 0.25) is 5.91 Å². The monoisotopic (exact) mass is 328 g/mol. The fraction of sp³-hybridized carbons (Fsp3) is 0.316. The van der Waals surface area contributed by atoms with Gasteiger partial charge in [0.1, 0.15) is 18.2 Å². The number of carbonyl (C=O) groups excluding carboxylic acids is 1. The molecule has 0 saturated heterocycles. The van der Waals surface area contributed by atoms with Crippen molar-refractivity contribution in [3.8, 4) is 5.75 Å². The maximum Gasteiger partial charge on any atom is 0.238 e. The lowest BCUT2D eigenvalue weighted by atomic mass is 10.2. The van der Waals surface area contributed by atoms with Crippen LogP contribution in [0.2, 0.25) is 0 Å². The number of ether oxygens (including phenoxy) is 1. The Hall–Kier alpha value is -2.40. The molecule has 126 valence electrons. The molecular formula is C19H21FN2O2. The molecule has 0 aromatic heterocycles. The van der Waals surface area contributed by atoms with Gasteiger partial charge in [-0.2, -0.15) is 0 Å². The van der Waals surface area contributed by atoms with Gasteiger partial charge in [-0.1, -0.05) is 18.2 Å². The Balaban J connectivity index is 1.48. The number of rotatable bonds is 8. The maximum absolute atomic E-state index is 13.1. The fourth-order valence-electron chi connectivity index (χ4n) is 2.37. The molecule has 1 aliphatic rings. The van der Waals surface area contributed by atoms with Gasteiger partial charge in [-0.25, -0.2) is 4.39 Å². The number of halogens is 1. The van der Waals surface area contributed by atoms with Gasteiger partial charge >= 0.3 is 0 Å². The lowest BCUT2D eigenvalue weighted by Crippen LogP contribution is -2.29. The number of nitrogens with one attached hydrogen (secondary N) is 2. The van der Waals surface area contributed by atoms with E-state index >= 15 is 0 Å². The first kappa shape index (κ1) is 16.5. The van der Waals surface area contributed by atoms with Crippen molar-refractivity contribution in [2.75, 3.05) is 18.4 Å². The summed E-state index contributed by atoms with van der Waals surface area (Å²) in [6.07, 6.45) is 2.53. The summed E-state index contributed by atoms with van der Waals surface area (Å²) in [5, 5.41) is 6.00. The Morgan fingerprint density at radius 1 is 1.17 bits per heavy atom. The largest absolute Gasteiger partial charge is 0.489 e. The van der Waals surface area contributed by atoms with Gasteiger partial charge in [0.25, 0.3) is 0 Å². The zero-order valence-corrected chi connectivity index (χ0v) is 13.4. The van der Waals surface area contributed by atoms with Crippen LogP contribution in [0.15, 0.2) is 48.5 Å². The van der Waals surface area contributed by atoms with Crippen LogP contribution < -0.4 is 15.4 Å². The standard InChI is InChI=1S/C19H21FN2O2/c20-16-4-1-3-15(9-16)13-24-18-6-2-5-17(10-18)22-19(23)12-21-11-14-7-8-14/h1-6,9-10,14,21H,7-8,11-13H2,(H,22,23). The normalized spacial score (nSPS) is 13.5. The summed E-state index contributed by atoms with van der Waals surface area (Å²) in [5.74, 6) is 1.02. The Morgan fingerprint density at radius 2 is 2.00 bits per heavy atom. The van der Waals surface area contributed by atoms with E-state index in [4.69, 9.17) is 4.74 Å². The highest BCUT2D eigenvalue weighted by molar-refractivity contribution is 5.92. The maximum atomic E-state index is 13.1. The van der Waals surface area contributed by atoms with Gasteiger partial charge in [0.05, 0.1) is 6.54 Å². The molecular weight excluding hydrogens is 307 g/mol. The molecule has 1 aliphatic carbocycles. The summed E-state index contributed by atoms with van der Waals surface area (Å²) in [6, 6.07) is 13.5. The Morgan fingerprint density at radius 3 is 2.79 bits per heavy atom. The van der Waals surface area contributed by atoms with Crippen LogP contribution >= 0.6 is 0 Å². The van der Waals surface area contributed by atoms with Crippen molar-refractivity contribution in [1.82, 2.24) is 5.32 Å². The summed E-state index contributed by atoms with van der Waals surface area (Å²) in [5.41, 5.74) is 1.44. The first-order chi connectivity index (χ1) is 11.7. The summed E-state index contributed by atoms with van der Waals surface area (Å²) < 4.78 is 18.8. The van der Waals surface area contributed by atoms with Crippen LogP contribution in [0, 0.1) is 11.7 Å². The highest BCUT2D eigenvalue weighted by Crippen LogP contribution is 2.27. The second kappa shape index (κ2) is 7.93. The molecule has 0 bridgehead atoms. The Kier molecular flexibility index (Phi) is 5.43. The van der Waals surface area contributed by atoms with E-state index in [0.29, 0.717) is 18.0 Å². The minimum absolute atomic E-state index is 0.0714. The molecule has 4 nitrogen and oxygen atoms in total. The summed E-state index contributed by atoms with van der Waals surface area (Å²) in [4.78, 5) is 11.9. The second-order valence-electron chi connectivity index (χ2n) is 6.07. The molecule has 0 unspecified atom stereocenters. The van der Waals surface area contributed by atoms with Crippen molar-refractivity contribution in [2.45, 2.75) is 19.4 Å². The van der Waals surface area contributed by atoms with Gasteiger partial charge in [0.15, 0.2) is 0 Å². The highest BCUT2D eigenvalue weighted by atomic mass is 19.1. The van der Waals surface area contributed by atoms with E-state index in [1.807, 2.05) is 12.1 Å². The minimum atomic E-state index is -0.282. The number of amides is 1. The number of carbonyl (C=O) groups is 1. The molecule has 24 heavy (non-hydrogen) atoms. The van der Waals surface area contributed by atoms with E-state index in [0.717, 1.165) is 18.0 Å². The molecule has 2 aromatic rings. The van der Waals surface area contributed by atoms with Gasteiger partial charge in [-0.05, 0) is 55.1 Å². The Bertz CT molecular complexity index is 701. The zero-order valence-electron chi connectivity index (χ0n) is 13.4. The van der Waals surface area contributed by atoms with Crippen molar-refractivity contribution in [3.63, 3.8) is 0 Å². The third-order valence-corrected chi connectivity index (χ3v) is 3.83. The van der Waals surface area contributed by atoms with Crippen LogP contribution in [0.25, 0.3) is 0 Å². The molecule has 0 atom stereocenters. The molecule has 0 aliphatic heterocycles. The zero-order chi connectivity index (χ0) is 16.8. The van der Waals surface area contributed by atoms with Crippen LogP contribution in [0.1, 0.15) is 18.4 Å². The van der Waals surface area contributed by atoms with Gasteiger partial charge in [-0.3, -0.25) is 4.79 Å². The predicted octanol–water partition coefficient (Wildman–Crippen LogP) is 3.34. The van der Waals surface area contributed by atoms with Crippen molar-refractivity contribution in [2.24, 2.45) is 5.92 Å². The molecule has 0 spiro atoms. The number of hydrogen-bond donors (Lipinski definition) is 2. The molecule has 2 aromatic carbocycles. The smallest absolute Gasteiger partial charge is 0.238 e. The summed E-state index contributed by atoms with van der Waals surface area (Å²) >= 11 is 0. The van der Waals surface area contributed by atoms with E-state index in [2.05, 4.69) is 10.6 Å². The minimum Gasteiger partial charge on any atom is -0.489 e. The summed E-state index contributed by atoms with van der Waals surface area (Å²) in [6.45, 7) is 1.49. The number of hydrogen-bond acceptors (Lipinski definition) is 3. The van der Waals surface area contributed by atoms with Crippen LogP contribution in [0.5, 0.6) is 5.75 Å². The molecule has 1 fully saturated rings. The van der Waals surface area contributed by atoms with E-state index < -0.39 is 0 Å². The van der Waals surface area contributed by atoms with Gasteiger partial charge in [-0.15, -0.1) is 0 Å². The van der Waals surface area contributed by atoms with Crippen molar-refractivity contribution in [3.05, 3.63) is 59.9 Å². The molecule has 0 heterocycles. The van der Waals surface area contributed by atoms with E-state index in [1.54, 1.807) is 24.3 Å². The van der Waals surface area contributed by atoms with Gasteiger partial charge < -0.3 is 15.4 Å². The van der Waals surface area contributed by atoms with Crippen LogP contribution in [-0.2, 0) is 11.4 Å². The first-order valence-electron chi connectivity index (χ1n) is 8.17. The number of anilines is 1. The average Bonchev–Trinajstić information content (AvgIpc) is 3.38. The van der Waals surface area contributed by atoms with Crippen molar-refractivity contribution < 1.29 is 13.9 Å². The van der Waals surface area contributed by atoms with E-state index in [9.17, 15) is 9.18 Å². The second-order valence-corrected chi connectivity index (χ2v) is 6.07. The molecule has 5 heteroatoms. The van der Waals surface area contributed by atoms with E-state index in [1.165, 1.54) is 25.0 Å². The van der Waals surface area contributed by atoms with Crippen molar-refractivity contribution >= 4 is 11.6 Å². The average molecular weight is 328 g/mol. The quantitative estimate of drug-likeness (QED) is 0.781. The van der Waals surface area contributed by atoms with E-state index in [-0.39, 0.29) is 18.3 Å². The highest BCUT2D eigenvalue weighted by Gasteiger charge is 2.20. The fourth-order valence-corrected chi connectivity index (χ4v) is 2.37. The van der Waals surface area contributed by atoms with Crippen LogP contribution in [0.3, 0.4) is 0 Å². The lowest BCUT2D eigenvalue weighted by molar-refractivity contribution is -0.115. The molecule has 1 saturated carbocycles. The molecule has 3 rings (SSSR count). The third-order valence-electron chi connectivity index (χ3n) is 3.83. The molecule has 2 N–H and O–H groups in total. The molecule has 0 radical (unpaired) electrons. The summed E-state index contributed by atoms with van der Waals surface area (Å²) in [7, 11) is 0. The number of benzene rings is 2. The topological polar surface area (TPSA) is 50.4 Å². The van der Waals surface area contributed by atoms with Crippen LogP contribution in [-0.4, -0.2) is 19.0 Å². The van der Waals surface area contributed by atoms with Gasteiger partial charge in [0, 0.05) is 11.8 Å². The SMILES string of the molecule is O=C(CNCC1CC1)Nc1cccc(OCc2cccc(F)c2)c1. The van der Waals surface area contributed by atoms with Crippen molar-refractivity contribution in [1.29, 1.82) is 0 Å². The first-order valence-corrected chi connectivity index (χ1v) is 8.17. The predicted molar refractivity (Wildman–Crippen MR) is 91.4 cm³/mol. The third kappa shape index (κ3) is 5.35.